The van der Waals surface area contributed by atoms with Gasteiger partial charge in [-0.1, -0.05) is 5.16 Å². The van der Waals surface area contributed by atoms with Crippen LogP contribution in [0.3, 0.4) is 0 Å². The minimum atomic E-state index is 0.0421. The highest BCUT2D eigenvalue weighted by atomic mass is 32.2. The minimum Gasteiger partial charge on any atom is -0.409 e. The van der Waals surface area contributed by atoms with Crippen molar-refractivity contribution in [2.45, 2.75) is 23.8 Å². The average molecular weight is 253 g/mol. The van der Waals surface area contributed by atoms with E-state index in [1.54, 1.807) is 18.0 Å². The maximum Gasteiger partial charge on any atom is 0.189 e. The lowest BCUT2D eigenvalue weighted by molar-refractivity contribution is 0.129. The largest absolute Gasteiger partial charge is 0.409 e. The number of rotatable bonds is 4. The van der Waals surface area contributed by atoms with Crippen LogP contribution < -0.4 is 5.73 Å². The van der Waals surface area contributed by atoms with Crippen LogP contribution in [0.2, 0.25) is 0 Å². The molecule has 2 heterocycles. The van der Waals surface area contributed by atoms with E-state index in [1.165, 1.54) is 0 Å². The Hall–Kier alpha value is -1.27. The maximum absolute atomic E-state index is 8.68. The van der Waals surface area contributed by atoms with Gasteiger partial charge in [0.25, 0.3) is 0 Å². The number of pyridine rings is 1. The molecule has 3 N–H and O–H groups in total. The molecule has 0 saturated carbocycles. The lowest BCUT2D eigenvalue weighted by Gasteiger charge is -2.10. The van der Waals surface area contributed by atoms with Gasteiger partial charge in [-0.25, -0.2) is 0 Å². The van der Waals surface area contributed by atoms with E-state index in [2.05, 4.69) is 10.1 Å². The summed E-state index contributed by atoms with van der Waals surface area (Å²) in [6.07, 6.45) is 4.17. The molecule has 0 amide bonds. The molecule has 1 unspecified atom stereocenters. The fraction of sp³-hybridized carbons (Fsp3) is 0.455. The van der Waals surface area contributed by atoms with Gasteiger partial charge in [0.2, 0.25) is 0 Å². The van der Waals surface area contributed by atoms with Crippen molar-refractivity contribution < 1.29 is 9.94 Å². The van der Waals surface area contributed by atoms with Crippen LogP contribution in [0.5, 0.6) is 0 Å². The SMILES string of the molecule is N/C(=N/O)c1ncccc1SCC1CCCO1. The Morgan fingerprint density at radius 2 is 2.59 bits per heavy atom. The summed E-state index contributed by atoms with van der Waals surface area (Å²) in [5.74, 6) is 0.914. The smallest absolute Gasteiger partial charge is 0.189 e. The van der Waals surface area contributed by atoms with Crippen molar-refractivity contribution in [3.8, 4) is 0 Å². The number of ether oxygens (including phenoxy) is 1. The number of oxime groups is 1. The summed E-state index contributed by atoms with van der Waals surface area (Å²) >= 11 is 1.63. The molecule has 1 saturated heterocycles. The van der Waals surface area contributed by atoms with Gasteiger partial charge < -0.3 is 15.7 Å². The molecule has 0 radical (unpaired) electrons. The summed E-state index contributed by atoms with van der Waals surface area (Å²) in [6.45, 7) is 0.853. The third kappa shape index (κ3) is 3.10. The second-order valence-electron chi connectivity index (χ2n) is 3.78. The first kappa shape index (κ1) is 12.2. The van der Waals surface area contributed by atoms with Gasteiger partial charge in [-0.05, 0) is 25.0 Å². The van der Waals surface area contributed by atoms with E-state index in [1.807, 2.05) is 12.1 Å². The predicted octanol–water partition coefficient (Wildman–Crippen LogP) is 1.45. The second-order valence-corrected chi connectivity index (χ2v) is 4.84. The third-order valence-corrected chi connectivity index (χ3v) is 3.75. The molecule has 6 heteroatoms. The van der Waals surface area contributed by atoms with Crippen LogP contribution in [-0.2, 0) is 4.74 Å². The summed E-state index contributed by atoms with van der Waals surface area (Å²) in [4.78, 5) is 5.03. The first-order valence-corrected chi connectivity index (χ1v) is 6.47. The molecule has 2 rings (SSSR count). The first-order valence-electron chi connectivity index (χ1n) is 5.48. The van der Waals surface area contributed by atoms with Crippen LogP contribution in [0.25, 0.3) is 0 Å². The number of hydrogen-bond donors (Lipinski definition) is 2. The third-order valence-electron chi connectivity index (χ3n) is 2.57. The summed E-state index contributed by atoms with van der Waals surface area (Å²) < 4.78 is 5.55. The molecule has 5 nitrogen and oxygen atoms in total. The topological polar surface area (TPSA) is 80.7 Å². The Balaban J connectivity index is 2.04. The number of aromatic nitrogens is 1. The van der Waals surface area contributed by atoms with Gasteiger partial charge in [0.15, 0.2) is 5.84 Å². The molecule has 0 bridgehead atoms. The normalized spacial score (nSPS) is 20.7. The maximum atomic E-state index is 8.68. The van der Waals surface area contributed by atoms with Gasteiger partial charge in [0, 0.05) is 23.5 Å². The summed E-state index contributed by atoms with van der Waals surface area (Å²) in [7, 11) is 0. The molecule has 17 heavy (non-hydrogen) atoms. The van der Waals surface area contributed by atoms with Crippen molar-refractivity contribution >= 4 is 17.6 Å². The van der Waals surface area contributed by atoms with Crippen molar-refractivity contribution in [3.63, 3.8) is 0 Å². The van der Waals surface area contributed by atoms with Crippen LogP contribution in [0, 0.1) is 0 Å². The zero-order chi connectivity index (χ0) is 12.1. The van der Waals surface area contributed by atoms with E-state index in [9.17, 15) is 0 Å². The highest BCUT2D eigenvalue weighted by molar-refractivity contribution is 7.99. The Bertz CT molecular complexity index is 405. The fourth-order valence-corrected chi connectivity index (χ4v) is 2.80. The second kappa shape index (κ2) is 5.88. The monoisotopic (exact) mass is 253 g/mol. The Kier molecular flexibility index (Phi) is 4.22. The standard InChI is InChI=1S/C11H15N3O2S/c12-11(14-15)10-9(4-1-5-13-10)17-7-8-3-2-6-16-8/h1,4-5,8,15H,2-3,6-7H2,(H2,12,14). The van der Waals surface area contributed by atoms with Crippen LogP contribution >= 0.6 is 11.8 Å². The van der Waals surface area contributed by atoms with Gasteiger partial charge in [0.05, 0.1) is 6.10 Å². The molecule has 0 aliphatic carbocycles. The van der Waals surface area contributed by atoms with Crippen LogP contribution in [0.15, 0.2) is 28.4 Å². The van der Waals surface area contributed by atoms with Crippen LogP contribution in [0.4, 0.5) is 0 Å². The van der Waals surface area contributed by atoms with Gasteiger partial charge in [-0.15, -0.1) is 11.8 Å². The van der Waals surface area contributed by atoms with E-state index in [4.69, 9.17) is 15.7 Å². The van der Waals surface area contributed by atoms with Gasteiger partial charge in [0.1, 0.15) is 5.69 Å². The predicted molar refractivity (Wildman–Crippen MR) is 66.4 cm³/mol. The van der Waals surface area contributed by atoms with Gasteiger partial charge in [-0.3, -0.25) is 4.98 Å². The minimum absolute atomic E-state index is 0.0421. The molecular formula is C11H15N3O2S. The fourth-order valence-electron chi connectivity index (χ4n) is 1.71. The van der Waals surface area contributed by atoms with Crippen molar-refractivity contribution in [1.82, 2.24) is 4.98 Å². The van der Waals surface area contributed by atoms with Crippen LogP contribution in [-0.4, -0.2) is 34.5 Å². The van der Waals surface area contributed by atoms with Crippen molar-refractivity contribution in [3.05, 3.63) is 24.0 Å². The van der Waals surface area contributed by atoms with E-state index in [0.717, 1.165) is 30.1 Å². The highest BCUT2D eigenvalue weighted by Crippen LogP contribution is 2.25. The number of nitrogens with zero attached hydrogens (tertiary/aromatic N) is 2. The van der Waals surface area contributed by atoms with Gasteiger partial charge >= 0.3 is 0 Å². The molecule has 1 aromatic rings. The zero-order valence-corrected chi connectivity index (χ0v) is 10.2. The number of thioether (sulfide) groups is 1. The van der Waals surface area contributed by atoms with Crippen molar-refractivity contribution in [2.24, 2.45) is 10.9 Å². The van der Waals surface area contributed by atoms with Crippen molar-refractivity contribution in [1.29, 1.82) is 0 Å². The molecule has 92 valence electrons. The molecule has 1 aliphatic rings. The number of hydrogen-bond acceptors (Lipinski definition) is 5. The number of amidine groups is 1. The van der Waals surface area contributed by atoms with Crippen molar-refractivity contribution in [2.75, 3.05) is 12.4 Å². The Morgan fingerprint density at radius 3 is 3.29 bits per heavy atom. The Labute approximate surface area is 104 Å². The Morgan fingerprint density at radius 1 is 1.71 bits per heavy atom. The molecule has 1 atom stereocenters. The average Bonchev–Trinajstić information content (AvgIpc) is 2.89. The van der Waals surface area contributed by atoms with Gasteiger partial charge in [-0.2, -0.15) is 0 Å². The lowest BCUT2D eigenvalue weighted by atomic mass is 10.3. The quantitative estimate of drug-likeness (QED) is 0.279. The van der Waals surface area contributed by atoms with E-state index in [0.29, 0.717) is 11.8 Å². The summed E-state index contributed by atoms with van der Waals surface area (Å²) in [5.41, 5.74) is 6.10. The molecule has 0 aromatic carbocycles. The lowest BCUT2D eigenvalue weighted by Crippen LogP contribution is -2.16. The summed E-state index contributed by atoms with van der Waals surface area (Å²) in [5, 5.41) is 11.7. The molecule has 0 spiro atoms. The molecular weight excluding hydrogens is 238 g/mol. The first-order chi connectivity index (χ1) is 8.31. The van der Waals surface area contributed by atoms with E-state index in [-0.39, 0.29) is 5.84 Å². The van der Waals surface area contributed by atoms with E-state index >= 15 is 0 Å². The van der Waals surface area contributed by atoms with Crippen LogP contribution in [0.1, 0.15) is 18.5 Å². The zero-order valence-electron chi connectivity index (χ0n) is 9.37. The highest BCUT2D eigenvalue weighted by Gasteiger charge is 2.17. The summed E-state index contributed by atoms with van der Waals surface area (Å²) in [6, 6.07) is 3.76. The molecule has 1 aliphatic heterocycles. The molecule has 1 fully saturated rings. The number of nitrogens with two attached hydrogens (primary N) is 1. The molecule has 1 aromatic heterocycles. The van der Waals surface area contributed by atoms with E-state index < -0.39 is 0 Å².